The van der Waals surface area contributed by atoms with E-state index in [4.69, 9.17) is 0 Å². The first-order valence-electron chi connectivity index (χ1n) is 4.10. The van der Waals surface area contributed by atoms with Gasteiger partial charge in [0.05, 0.1) is 0 Å². The molecule has 1 aromatic heterocycles. The zero-order valence-corrected chi connectivity index (χ0v) is 7.45. The molecule has 0 spiro atoms. The van der Waals surface area contributed by atoms with E-state index >= 15 is 0 Å². The predicted molar refractivity (Wildman–Crippen MR) is 47.8 cm³/mol. The molecule has 0 fully saturated rings. The second-order valence-corrected chi connectivity index (χ2v) is 3.04. The topological polar surface area (TPSA) is 30.0 Å². The van der Waals surface area contributed by atoms with Crippen LogP contribution < -0.4 is 0 Å². The molecule has 0 amide bonds. The number of nitrogens with zero attached hydrogens (tertiary/aromatic N) is 1. The van der Waals surface area contributed by atoms with E-state index in [9.17, 15) is 4.79 Å². The lowest BCUT2D eigenvalue weighted by atomic mass is 10.0. The molecule has 1 aromatic rings. The molecule has 0 aliphatic carbocycles. The highest BCUT2D eigenvalue weighted by Gasteiger charge is 2.08. The molecular formula is C10H13NO. The van der Waals surface area contributed by atoms with E-state index in [1.54, 1.807) is 13.1 Å². The Hall–Kier alpha value is -1.18. The molecule has 1 heterocycles. The van der Waals surface area contributed by atoms with Gasteiger partial charge in [-0.25, -0.2) is 0 Å². The summed E-state index contributed by atoms with van der Waals surface area (Å²) in [5.41, 5.74) is 0.986. The SMILES string of the molecule is CC(=O)[C@H](C)Cc1ccccn1. The van der Waals surface area contributed by atoms with Crippen LogP contribution in [0.5, 0.6) is 0 Å². The highest BCUT2D eigenvalue weighted by atomic mass is 16.1. The van der Waals surface area contributed by atoms with Crippen molar-refractivity contribution in [3.05, 3.63) is 30.1 Å². The van der Waals surface area contributed by atoms with Gasteiger partial charge < -0.3 is 0 Å². The van der Waals surface area contributed by atoms with Crippen LogP contribution in [0.15, 0.2) is 24.4 Å². The van der Waals surface area contributed by atoms with Gasteiger partial charge in [-0.05, 0) is 25.5 Å². The van der Waals surface area contributed by atoms with Crippen molar-refractivity contribution < 1.29 is 4.79 Å². The molecule has 1 rings (SSSR count). The summed E-state index contributed by atoms with van der Waals surface area (Å²) in [6.07, 6.45) is 2.50. The van der Waals surface area contributed by atoms with E-state index in [0.717, 1.165) is 12.1 Å². The lowest BCUT2D eigenvalue weighted by molar-refractivity contribution is -0.120. The minimum absolute atomic E-state index is 0.0832. The van der Waals surface area contributed by atoms with Crippen molar-refractivity contribution in [2.24, 2.45) is 5.92 Å². The van der Waals surface area contributed by atoms with Crippen LogP contribution in [0.25, 0.3) is 0 Å². The zero-order valence-electron chi connectivity index (χ0n) is 7.45. The molecular weight excluding hydrogens is 150 g/mol. The van der Waals surface area contributed by atoms with Gasteiger partial charge in [0.1, 0.15) is 5.78 Å². The van der Waals surface area contributed by atoms with E-state index in [0.29, 0.717) is 0 Å². The average molecular weight is 163 g/mol. The molecule has 64 valence electrons. The third-order valence-corrected chi connectivity index (χ3v) is 1.94. The van der Waals surface area contributed by atoms with Crippen molar-refractivity contribution in [1.82, 2.24) is 4.98 Å². The largest absolute Gasteiger partial charge is 0.300 e. The van der Waals surface area contributed by atoms with Crippen molar-refractivity contribution in [3.63, 3.8) is 0 Å². The second kappa shape index (κ2) is 4.00. The monoisotopic (exact) mass is 163 g/mol. The molecule has 0 unspecified atom stereocenters. The maximum absolute atomic E-state index is 10.9. The number of ketones is 1. The van der Waals surface area contributed by atoms with Gasteiger partial charge in [-0.15, -0.1) is 0 Å². The zero-order chi connectivity index (χ0) is 8.97. The molecule has 0 aromatic carbocycles. The maximum Gasteiger partial charge on any atom is 0.133 e. The Balaban J connectivity index is 2.58. The molecule has 0 saturated heterocycles. The normalized spacial score (nSPS) is 12.5. The highest BCUT2D eigenvalue weighted by molar-refractivity contribution is 5.78. The lowest BCUT2D eigenvalue weighted by Crippen LogP contribution is -2.10. The quantitative estimate of drug-likeness (QED) is 0.680. The van der Waals surface area contributed by atoms with Gasteiger partial charge in [-0.1, -0.05) is 13.0 Å². The molecule has 0 saturated carbocycles. The number of aromatic nitrogens is 1. The molecule has 2 nitrogen and oxygen atoms in total. The summed E-state index contributed by atoms with van der Waals surface area (Å²) in [7, 11) is 0. The fraction of sp³-hybridized carbons (Fsp3) is 0.400. The average Bonchev–Trinajstić information content (AvgIpc) is 2.06. The number of hydrogen-bond donors (Lipinski definition) is 0. The fourth-order valence-corrected chi connectivity index (χ4v) is 0.976. The van der Waals surface area contributed by atoms with Gasteiger partial charge in [0, 0.05) is 17.8 Å². The van der Waals surface area contributed by atoms with Crippen molar-refractivity contribution in [3.8, 4) is 0 Å². The molecule has 0 radical (unpaired) electrons. The van der Waals surface area contributed by atoms with Gasteiger partial charge >= 0.3 is 0 Å². The Morgan fingerprint density at radius 3 is 2.83 bits per heavy atom. The van der Waals surface area contributed by atoms with Crippen LogP contribution in [0.2, 0.25) is 0 Å². The Kier molecular flexibility index (Phi) is 2.97. The van der Waals surface area contributed by atoms with Gasteiger partial charge in [0.25, 0.3) is 0 Å². The number of hydrogen-bond acceptors (Lipinski definition) is 2. The lowest BCUT2D eigenvalue weighted by Gasteiger charge is -2.05. The summed E-state index contributed by atoms with van der Waals surface area (Å²) in [6, 6.07) is 5.76. The van der Waals surface area contributed by atoms with Gasteiger partial charge in [0.15, 0.2) is 0 Å². The minimum Gasteiger partial charge on any atom is -0.300 e. The van der Waals surface area contributed by atoms with Crippen molar-refractivity contribution >= 4 is 5.78 Å². The molecule has 0 aliphatic rings. The number of pyridine rings is 1. The number of carbonyl (C=O) groups is 1. The summed E-state index contributed by atoms with van der Waals surface area (Å²) in [6.45, 7) is 3.55. The van der Waals surface area contributed by atoms with E-state index < -0.39 is 0 Å². The Labute approximate surface area is 72.6 Å². The van der Waals surface area contributed by atoms with E-state index in [-0.39, 0.29) is 11.7 Å². The molecule has 0 bridgehead atoms. The third kappa shape index (κ3) is 2.46. The number of Topliss-reactive ketones (excluding diaryl/α,β-unsaturated/α-hetero) is 1. The third-order valence-electron chi connectivity index (χ3n) is 1.94. The van der Waals surface area contributed by atoms with Crippen LogP contribution in [0.4, 0.5) is 0 Å². The van der Waals surface area contributed by atoms with Gasteiger partial charge in [-0.3, -0.25) is 9.78 Å². The van der Waals surface area contributed by atoms with Gasteiger partial charge in [0.2, 0.25) is 0 Å². The van der Waals surface area contributed by atoms with Crippen LogP contribution in [0.3, 0.4) is 0 Å². The van der Waals surface area contributed by atoms with E-state index in [1.807, 2.05) is 25.1 Å². The van der Waals surface area contributed by atoms with Gasteiger partial charge in [-0.2, -0.15) is 0 Å². The van der Waals surface area contributed by atoms with Crippen molar-refractivity contribution in [1.29, 1.82) is 0 Å². The first-order valence-corrected chi connectivity index (χ1v) is 4.10. The van der Waals surface area contributed by atoms with E-state index in [1.165, 1.54) is 0 Å². The summed E-state index contributed by atoms with van der Waals surface area (Å²) in [4.78, 5) is 15.1. The Morgan fingerprint density at radius 1 is 1.58 bits per heavy atom. The van der Waals surface area contributed by atoms with Crippen molar-refractivity contribution in [2.45, 2.75) is 20.3 Å². The fourth-order valence-electron chi connectivity index (χ4n) is 0.976. The van der Waals surface area contributed by atoms with Crippen LogP contribution in [0.1, 0.15) is 19.5 Å². The van der Waals surface area contributed by atoms with Crippen LogP contribution in [-0.4, -0.2) is 10.8 Å². The molecule has 1 atom stereocenters. The van der Waals surface area contributed by atoms with Crippen molar-refractivity contribution in [2.75, 3.05) is 0 Å². The summed E-state index contributed by atoms with van der Waals surface area (Å²) in [5.74, 6) is 0.306. The first-order chi connectivity index (χ1) is 5.70. The maximum atomic E-state index is 10.9. The minimum atomic E-state index is 0.0832. The highest BCUT2D eigenvalue weighted by Crippen LogP contribution is 2.05. The first kappa shape index (κ1) is 8.91. The smallest absolute Gasteiger partial charge is 0.133 e. The molecule has 0 aliphatic heterocycles. The molecule has 2 heteroatoms. The summed E-state index contributed by atoms with van der Waals surface area (Å²) in [5, 5.41) is 0. The predicted octanol–water partition coefficient (Wildman–Crippen LogP) is 1.85. The standard InChI is InChI=1S/C10H13NO/c1-8(9(2)12)7-10-5-3-4-6-11-10/h3-6,8H,7H2,1-2H3/t8-/m1/s1. The van der Waals surface area contributed by atoms with Crippen LogP contribution in [0, 0.1) is 5.92 Å². The summed E-state index contributed by atoms with van der Waals surface area (Å²) >= 11 is 0. The summed E-state index contributed by atoms with van der Waals surface area (Å²) < 4.78 is 0. The van der Waals surface area contributed by atoms with E-state index in [2.05, 4.69) is 4.98 Å². The van der Waals surface area contributed by atoms with Crippen LogP contribution >= 0.6 is 0 Å². The Bertz CT molecular complexity index is 256. The molecule has 12 heavy (non-hydrogen) atoms. The number of carbonyl (C=O) groups excluding carboxylic acids is 1. The van der Waals surface area contributed by atoms with Crippen LogP contribution in [-0.2, 0) is 11.2 Å². The number of rotatable bonds is 3. The molecule has 0 N–H and O–H groups in total. The second-order valence-electron chi connectivity index (χ2n) is 3.04. The Morgan fingerprint density at radius 2 is 2.33 bits per heavy atom.